The zero-order chi connectivity index (χ0) is 11.9. The summed E-state index contributed by atoms with van der Waals surface area (Å²) >= 11 is 5.08. The Hall–Kier alpha value is -0.620. The molecule has 0 radical (unpaired) electrons. The van der Waals surface area contributed by atoms with Gasteiger partial charge in [-0.1, -0.05) is 0 Å². The van der Waals surface area contributed by atoms with Gasteiger partial charge in [-0.3, -0.25) is 0 Å². The summed E-state index contributed by atoms with van der Waals surface area (Å²) in [6.07, 6.45) is 3.07. The Kier molecular flexibility index (Phi) is 3.11. The summed E-state index contributed by atoms with van der Waals surface area (Å²) in [5.41, 5.74) is 0.935. The maximum Gasteiger partial charge on any atom is 0.177 e. The number of nitrogens with zero attached hydrogens (tertiary/aromatic N) is 1. The van der Waals surface area contributed by atoms with Crippen LogP contribution in [0, 0.1) is 11.7 Å². The molecule has 15 heavy (non-hydrogen) atoms. The smallest absolute Gasteiger partial charge is 0.177 e. The van der Waals surface area contributed by atoms with Gasteiger partial charge in [0.1, 0.15) is 0 Å². The molecule has 0 saturated heterocycles. The highest BCUT2D eigenvalue weighted by Gasteiger charge is 2.30. The molecule has 0 aliphatic heterocycles. The third-order valence-corrected chi connectivity index (χ3v) is 4.94. The Morgan fingerprint density at radius 1 is 1.53 bits per heavy atom. The molecular formula is C9H16N2O2S2. The highest BCUT2D eigenvalue weighted by atomic mass is 32.2. The van der Waals surface area contributed by atoms with E-state index in [-0.39, 0.29) is 0 Å². The van der Waals surface area contributed by atoms with E-state index in [4.69, 9.17) is 12.2 Å². The van der Waals surface area contributed by atoms with Crippen LogP contribution in [0.1, 0.15) is 19.5 Å². The molecule has 0 aliphatic rings. The fourth-order valence-corrected chi connectivity index (χ4v) is 1.86. The molecule has 1 rings (SSSR count). The molecule has 4 nitrogen and oxygen atoms in total. The molecule has 0 unspecified atom stereocenters. The monoisotopic (exact) mass is 248 g/mol. The third kappa shape index (κ3) is 2.69. The fourth-order valence-electron chi connectivity index (χ4n) is 1.21. The van der Waals surface area contributed by atoms with Gasteiger partial charge in [0.25, 0.3) is 0 Å². The molecule has 0 spiro atoms. The molecular weight excluding hydrogens is 232 g/mol. The summed E-state index contributed by atoms with van der Waals surface area (Å²) in [5.74, 6) is 0. The van der Waals surface area contributed by atoms with Crippen molar-refractivity contribution in [2.75, 3.05) is 6.26 Å². The molecule has 1 aromatic rings. The van der Waals surface area contributed by atoms with Crippen LogP contribution in [0.2, 0.25) is 0 Å². The highest BCUT2D eigenvalue weighted by Crippen LogP contribution is 2.18. The van der Waals surface area contributed by atoms with Gasteiger partial charge in [-0.2, -0.15) is 0 Å². The van der Waals surface area contributed by atoms with Crippen molar-refractivity contribution in [3.8, 4) is 0 Å². The van der Waals surface area contributed by atoms with Crippen molar-refractivity contribution in [2.45, 2.75) is 32.1 Å². The lowest BCUT2D eigenvalue weighted by Gasteiger charge is -2.22. The lowest BCUT2D eigenvalue weighted by Crippen LogP contribution is -2.35. The van der Waals surface area contributed by atoms with E-state index in [2.05, 4.69) is 4.98 Å². The van der Waals surface area contributed by atoms with Gasteiger partial charge in [0.2, 0.25) is 0 Å². The maximum atomic E-state index is 11.5. The normalized spacial score (nSPS) is 13.1. The number of aryl methyl sites for hydroxylation is 1. The number of imidazole rings is 1. The molecule has 1 N–H and O–H groups in total. The van der Waals surface area contributed by atoms with Crippen molar-refractivity contribution < 1.29 is 8.42 Å². The second-order valence-corrected chi connectivity index (χ2v) is 7.44. The Labute approximate surface area is 95.2 Å². The van der Waals surface area contributed by atoms with Crippen molar-refractivity contribution in [2.24, 2.45) is 0 Å². The lowest BCUT2D eigenvalue weighted by molar-refractivity contribution is 0.500. The number of hydrogen-bond donors (Lipinski definition) is 1. The largest absolute Gasteiger partial charge is 0.335 e. The molecule has 0 aliphatic carbocycles. The predicted molar refractivity (Wildman–Crippen MR) is 63.3 cm³/mol. The molecule has 0 amide bonds. The minimum Gasteiger partial charge on any atom is -0.335 e. The Balaban J connectivity index is 3.07. The first-order valence-electron chi connectivity index (χ1n) is 4.59. The van der Waals surface area contributed by atoms with Gasteiger partial charge in [0, 0.05) is 24.7 Å². The lowest BCUT2D eigenvalue weighted by atomic mass is 10.2. The molecule has 0 atom stereocenters. The predicted octanol–water partition coefficient (Wildman–Crippen LogP) is 1.68. The van der Waals surface area contributed by atoms with Crippen molar-refractivity contribution in [1.29, 1.82) is 0 Å². The first kappa shape index (κ1) is 12.4. The zero-order valence-corrected chi connectivity index (χ0v) is 11.0. The van der Waals surface area contributed by atoms with E-state index in [0.29, 0.717) is 11.3 Å². The average molecular weight is 248 g/mol. The first-order chi connectivity index (χ1) is 6.63. The number of sulfone groups is 1. The van der Waals surface area contributed by atoms with Crippen molar-refractivity contribution >= 4 is 22.1 Å². The van der Waals surface area contributed by atoms with Crippen LogP contribution in [-0.2, 0) is 16.4 Å². The Morgan fingerprint density at radius 2 is 2.07 bits per heavy atom. The molecule has 6 heteroatoms. The number of hydrogen-bond acceptors (Lipinski definition) is 3. The second-order valence-electron chi connectivity index (χ2n) is 4.40. The molecule has 0 aromatic carbocycles. The molecule has 86 valence electrons. The van der Waals surface area contributed by atoms with Gasteiger partial charge in [-0.15, -0.1) is 0 Å². The quantitative estimate of drug-likeness (QED) is 0.828. The van der Waals surface area contributed by atoms with E-state index in [1.807, 2.05) is 13.1 Å². The van der Waals surface area contributed by atoms with Crippen LogP contribution in [0.4, 0.5) is 0 Å². The minimum atomic E-state index is -3.09. The standard InChI is InChI=1S/C9H16N2O2S2/c1-7-5-11(8(14)10-7)6-9(2,3)15(4,12)13/h5H,6H2,1-4H3,(H,10,14). The Morgan fingerprint density at radius 3 is 2.40 bits per heavy atom. The SMILES string of the molecule is Cc1cn(CC(C)(C)S(C)(=O)=O)c(=S)[nH]1. The first-order valence-corrected chi connectivity index (χ1v) is 6.89. The summed E-state index contributed by atoms with van der Waals surface area (Å²) < 4.78 is 24.5. The fraction of sp³-hybridized carbons (Fsp3) is 0.667. The average Bonchev–Trinajstić information content (AvgIpc) is 2.26. The second kappa shape index (κ2) is 3.75. The van der Waals surface area contributed by atoms with E-state index in [0.717, 1.165) is 5.69 Å². The van der Waals surface area contributed by atoms with Crippen molar-refractivity contribution in [3.63, 3.8) is 0 Å². The van der Waals surface area contributed by atoms with Crippen LogP contribution in [0.5, 0.6) is 0 Å². The van der Waals surface area contributed by atoms with Gasteiger partial charge < -0.3 is 9.55 Å². The summed E-state index contributed by atoms with van der Waals surface area (Å²) in [6, 6.07) is 0. The Bertz CT molecular complexity index is 508. The van der Waals surface area contributed by atoms with E-state index in [1.165, 1.54) is 6.26 Å². The van der Waals surface area contributed by atoms with Gasteiger partial charge in [-0.25, -0.2) is 8.42 Å². The number of rotatable bonds is 3. The van der Waals surface area contributed by atoms with Crippen LogP contribution in [-0.4, -0.2) is 29.0 Å². The number of H-pyrrole nitrogens is 1. The van der Waals surface area contributed by atoms with Crippen LogP contribution >= 0.6 is 12.2 Å². The topological polar surface area (TPSA) is 54.9 Å². The van der Waals surface area contributed by atoms with E-state index < -0.39 is 14.6 Å². The molecule has 1 heterocycles. The van der Waals surface area contributed by atoms with E-state index in [1.54, 1.807) is 18.4 Å². The molecule has 1 aromatic heterocycles. The zero-order valence-electron chi connectivity index (χ0n) is 9.36. The maximum absolute atomic E-state index is 11.5. The van der Waals surface area contributed by atoms with Crippen LogP contribution in [0.25, 0.3) is 0 Å². The third-order valence-electron chi connectivity index (χ3n) is 2.47. The summed E-state index contributed by atoms with van der Waals surface area (Å²) in [5, 5.41) is 0. The van der Waals surface area contributed by atoms with Crippen molar-refractivity contribution in [1.82, 2.24) is 9.55 Å². The van der Waals surface area contributed by atoms with Gasteiger partial charge in [-0.05, 0) is 33.0 Å². The number of nitrogens with one attached hydrogen (secondary N) is 1. The van der Waals surface area contributed by atoms with E-state index in [9.17, 15) is 8.42 Å². The van der Waals surface area contributed by atoms with Crippen molar-refractivity contribution in [3.05, 3.63) is 16.7 Å². The van der Waals surface area contributed by atoms with Gasteiger partial charge in [0.05, 0.1) is 4.75 Å². The summed E-state index contributed by atoms with van der Waals surface area (Å²) in [4.78, 5) is 2.96. The van der Waals surface area contributed by atoms with E-state index >= 15 is 0 Å². The highest BCUT2D eigenvalue weighted by molar-refractivity contribution is 7.92. The van der Waals surface area contributed by atoms with Gasteiger partial charge >= 0.3 is 0 Å². The minimum absolute atomic E-state index is 0.370. The molecule has 0 fully saturated rings. The van der Waals surface area contributed by atoms with Crippen LogP contribution < -0.4 is 0 Å². The van der Waals surface area contributed by atoms with Crippen LogP contribution in [0.15, 0.2) is 6.20 Å². The van der Waals surface area contributed by atoms with Gasteiger partial charge in [0.15, 0.2) is 14.6 Å². The molecule has 0 saturated carbocycles. The summed E-state index contributed by atoms with van der Waals surface area (Å²) in [6.45, 7) is 5.66. The number of aromatic nitrogens is 2. The molecule has 0 bridgehead atoms. The number of aromatic amines is 1. The van der Waals surface area contributed by atoms with Crippen LogP contribution in [0.3, 0.4) is 0 Å². The summed E-state index contributed by atoms with van der Waals surface area (Å²) in [7, 11) is -3.09.